The summed E-state index contributed by atoms with van der Waals surface area (Å²) >= 11 is 1.41. The molecule has 1 aliphatic rings. The molecule has 1 aliphatic carbocycles. The normalized spacial score (nSPS) is 14.6. The van der Waals surface area contributed by atoms with Crippen molar-refractivity contribution in [3.05, 3.63) is 51.9 Å². The molecular formula is C15H14N4O2S. The van der Waals surface area contributed by atoms with E-state index in [-0.39, 0.29) is 5.56 Å². The zero-order valence-electron chi connectivity index (χ0n) is 12.0. The number of thioether (sulfide) groups is 1. The molecule has 4 rings (SSSR count). The van der Waals surface area contributed by atoms with Gasteiger partial charge >= 0.3 is 0 Å². The molecule has 0 atom stereocenters. The third-order valence-corrected chi connectivity index (χ3v) is 4.48. The molecule has 0 N–H and O–H groups in total. The Morgan fingerprint density at radius 3 is 3.05 bits per heavy atom. The summed E-state index contributed by atoms with van der Waals surface area (Å²) in [6, 6.07) is 7.18. The highest BCUT2D eigenvalue weighted by Gasteiger charge is 2.29. The third kappa shape index (κ3) is 2.52. The highest BCUT2D eigenvalue weighted by atomic mass is 32.2. The summed E-state index contributed by atoms with van der Waals surface area (Å²) in [7, 11) is 0. The molecule has 3 aromatic rings. The average Bonchev–Trinajstić information content (AvgIpc) is 3.24. The van der Waals surface area contributed by atoms with Crippen LogP contribution in [0.4, 0.5) is 0 Å². The SMILES string of the molecule is Cc1cccc2nc(CSc3nnc(C4CC4)o3)cc(=O)n12. The van der Waals surface area contributed by atoms with Crippen LogP contribution in [0.3, 0.4) is 0 Å². The summed E-state index contributed by atoms with van der Waals surface area (Å²) in [5.74, 6) is 1.71. The van der Waals surface area contributed by atoms with E-state index in [2.05, 4.69) is 15.2 Å². The van der Waals surface area contributed by atoms with Crippen molar-refractivity contribution in [2.24, 2.45) is 0 Å². The third-order valence-electron chi connectivity index (χ3n) is 3.63. The van der Waals surface area contributed by atoms with Gasteiger partial charge in [-0.05, 0) is 31.9 Å². The number of pyridine rings is 1. The summed E-state index contributed by atoms with van der Waals surface area (Å²) in [4.78, 5) is 16.7. The van der Waals surface area contributed by atoms with Gasteiger partial charge in [0.1, 0.15) is 5.65 Å². The van der Waals surface area contributed by atoms with E-state index in [1.165, 1.54) is 11.8 Å². The van der Waals surface area contributed by atoms with Gasteiger partial charge in [-0.1, -0.05) is 17.8 Å². The van der Waals surface area contributed by atoms with Crippen molar-refractivity contribution in [1.82, 2.24) is 19.6 Å². The van der Waals surface area contributed by atoms with Crippen LogP contribution in [-0.2, 0) is 5.75 Å². The predicted octanol–water partition coefficient (Wildman–Crippen LogP) is 2.56. The van der Waals surface area contributed by atoms with Gasteiger partial charge < -0.3 is 4.42 Å². The molecule has 22 heavy (non-hydrogen) atoms. The molecule has 0 unspecified atom stereocenters. The lowest BCUT2D eigenvalue weighted by Crippen LogP contribution is -2.17. The molecule has 0 bridgehead atoms. The van der Waals surface area contributed by atoms with Gasteiger partial charge in [0.05, 0.1) is 5.69 Å². The van der Waals surface area contributed by atoms with Crippen molar-refractivity contribution in [2.45, 2.75) is 36.7 Å². The van der Waals surface area contributed by atoms with Crippen LogP contribution in [-0.4, -0.2) is 19.6 Å². The molecule has 1 saturated carbocycles. The molecule has 7 heteroatoms. The predicted molar refractivity (Wildman–Crippen MR) is 82.0 cm³/mol. The Morgan fingerprint density at radius 1 is 1.36 bits per heavy atom. The lowest BCUT2D eigenvalue weighted by molar-refractivity contribution is 0.414. The minimum atomic E-state index is -0.0668. The Morgan fingerprint density at radius 2 is 2.23 bits per heavy atom. The number of rotatable bonds is 4. The first kappa shape index (κ1) is 13.5. The summed E-state index contributed by atoms with van der Waals surface area (Å²) in [5, 5.41) is 8.61. The maximum Gasteiger partial charge on any atom is 0.276 e. The first-order chi connectivity index (χ1) is 10.7. The second-order valence-electron chi connectivity index (χ2n) is 5.42. The van der Waals surface area contributed by atoms with Crippen molar-refractivity contribution in [2.75, 3.05) is 0 Å². The number of hydrogen-bond donors (Lipinski definition) is 0. The first-order valence-electron chi connectivity index (χ1n) is 7.15. The topological polar surface area (TPSA) is 73.3 Å². The summed E-state index contributed by atoms with van der Waals surface area (Å²) < 4.78 is 7.20. The zero-order valence-corrected chi connectivity index (χ0v) is 12.8. The van der Waals surface area contributed by atoms with Gasteiger partial charge in [0.25, 0.3) is 10.8 Å². The quantitative estimate of drug-likeness (QED) is 0.689. The highest BCUT2D eigenvalue weighted by Crippen LogP contribution is 2.39. The maximum atomic E-state index is 12.2. The van der Waals surface area contributed by atoms with Gasteiger partial charge in [-0.3, -0.25) is 9.20 Å². The fourth-order valence-electron chi connectivity index (χ4n) is 2.35. The maximum absolute atomic E-state index is 12.2. The number of nitrogens with zero attached hydrogens (tertiary/aromatic N) is 4. The Balaban J connectivity index is 1.57. The van der Waals surface area contributed by atoms with E-state index in [0.29, 0.717) is 28.2 Å². The second-order valence-corrected chi connectivity index (χ2v) is 6.34. The van der Waals surface area contributed by atoms with Crippen molar-refractivity contribution >= 4 is 17.4 Å². The van der Waals surface area contributed by atoms with Crippen LogP contribution in [0, 0.1) is 6.92 Å². The summed E-state index contributed by atoms with van der Waals surface area (Å²) in [5.41, 5.74) is 2.18. The van der Waals surface area contributed by atoms with Gasteiger partial charge in [0.2, 0.25) is 5.89 Å². The van der Waals surface area contributed by atoms with E-state index >= 15 is 0 Å². The first-order valence-corrected chi connectivity index (χ1v) is 8.14. The van der Waals surface area contributed by atoms with Crippen LogP contribution in [0.1, 0.15) is 36.0 Å². The molecule has 112 valence electrons. The molecule has 0 amide bonds. The molecule has 3 heterocycles. The lowest BCUT2D eigenvalue weighted by atomic mass is 10.3. The van der Waals surface area contributed by atoms with Crippen LogP contribution in [0.25, 0.3) is 5.65 Å². The largest absolute Gasteiger partial charge is 0.416 e. The van der Waals surface area contributed by atoms with Gasteiger partial charge in [0, 0.05) is 23.4 Å². The number of fused-ring (bicyclic) bond motifs is 1. The van der Waals surface area contributed by atoms with E-state index in [0.717, 1.165) is 24.4 Å². The van der Waals surface area contributed by atoms with Crippen molar-refractivity contribution in [3.8, 4) is 0 Å². The molecular weight excluding hydrogens is 300 g/mol. The van der Waals surface area contributed by atoms with Crippen molar-refractivity contribution < 1.29 is 4.42 Å². The van der Waals surface area contributed by atoms with Gasteiger partial charge in [-0.25, -0.2) is 4.98 Å². The molecule has 0 spiro atoms. The van der Waals surface area contributed by atoms with Crippen molar-refractivity contribution in [1.29, 1.82) is 0 Å². The molecule has 0 saturated heterocycles. The fourth-order valence-corrected chi connectivity index (χ4v) is 3.01. The smallest absolute Gasteiger partial charge is 0.276 e. The van der Waals surface area contributed by atoms with Crippen LogP contribution in [0.5, 0.6) is 0 Å². The van der Waals surface area contributed by atoms with E-state index in [1.807, 2.05) is 25.1 Å². The van der Waals surface area contributed by atoms with Crippen molar-refractivity contribution in [3.63, 3.8) is 0 Å². The lowest BCUT2D eigenvalue weighted by Gasteiger charge is -2.05. The number of aryl methyl sites for hydroxylation is 1. The van der Waals surface area contributed by atoms with Gasteiger partial charge in [-0.15, -0.1) is 10.2 Å². The van der Waals surface area contributed by atoms with E-state index in [9.17, 15) is 4.79 Å². The van der Waals surface area contributed by atoms with Gasteiger partial charge in [0.15, 0.2) is 0 Å². The monoisotopic (exact) mass is 314 g/mol. The molecule has 0 radical (unpaired) electrons. The molecule has 3 aromatic heterocycles. The van der Waals surface area contributed by atoms with E-state index < -0.39 is 0 Å². The zero-order chi connectivity index (χ0) is 15.1. The fraction of sp³-hybridized carbons (Fsp3) is 0.333. The summed E-state index contributed by atoms with van der Waals surface area (Å²) in [6.07, 6.45) is 2.27. The standard InChI is InChI=1S/C15H14N4O2S/c1-9-3-2-4-12-16-11(7-13(20)19(9)12)8-22-15-18-17-14(21-15)10-5-6-10/h2-4,7,10H,5-6,8H2,1H3. The second kappa shape index (κ2) is 5.24. The number of aromatic nitrogens is 4. The van der Waals surface area contributed by atoms with Gasteiger partial charge in [-0.2, -0.15) is 0 Å². The molecule has 0 aliphatic heterocycles. The minimum Gasteiger partial charge on any atom is -0.416 e. The molecule has 1 fully saturated rings. The highest BCUT2D eigenvalue weighted by molar-refractivity contribution is 7.98. The summed E-state index contributed by atoms with van der Waals surface area (Å²) in [6.45, 7) is 1.89. The average molecular weight is 314 g/mol. The van der Waals surface area contributed by atoms with Crippen LogP contribution in [0.2, 0.25) is 0 Å². The molecule has 0 aromatic carbocycles. The van der Waals surface area contributed by atoms with Crippen LogP contribution in [0.15, 0.2) is 38.7 Å². The van der Waals surface area contributed by atoms with Crippen LogP contribution >= 0.6 is 11.8 Å². The Kier molecular flexibility index (Phi) is 3.22. The Labute approximate surface area is 130 Å². The minimum absolute atomic E-state index is 0.0668. The van der Waals surface area contributed by atoms with E-state index in [1.54, 1.807) is 10.5 Å². The number of hydrogen-bond acceptors (Lipinski definition) is 6. The Hall–Kier alpha value is -2.15. The van der Waals surface area contributed by atoms with Crippen LogP contribution < -0.4 is 5.56 Å². The molecule has 6 nitrogen and oxygen atoms in total. The Bertz CT molecular complexity index is 898. The van der Waals surface area contributed by atoms with E-state index in [4.69, 9.17) is 4.42 Å².